The second-order valence-corrected chi connectivity index (χ2v) is 9.60. The molecule has 0 atom stereocenters. The molecule has 0 heterocycles. The van der Waals surface area contributed by atoms with Gasteiger partial charge in [0, 0.05) is 28.9 Å². The number of hydrogen-bond donors (Lipinski definition) is 5. The Labute approximate surface area is 227 Å². The summed E-state index contributed by atoms with van der Waals surface area (Å²) in [4.78, 5) is 38.3. The van der Waals surface area contributed by atoms with Gasteiger partial charge in [-0.1, -0.05) is 56.4 Å². The van der Waals surface area contributed by atoms with Crippen LogP contribution in [-0.2, 0) is 0 Å². The predicted octanol–water partition coefficient (Wildman–Crippen LogP) is 5.56. The van der Waals surface area contributed by atoms with Crippen LogP contribution in [0.2, 0.25) is 0 Å². The quantitative estimate of drug-likeness (QED) is 0.134. The summed E-state index contributed by atoms with van der Waals surface area (Å²) in [6.07, 6.45) is 3.62. The molecule has 3 aromatic rings. The number of aromatic carboxylic acids is 1. The van der Waals surface area contributed by atoms with E-state index in [0.717, 1.165) is 11.1 Å². The SMILES string of the molecule is C=C(C)/C=C/c1ccc(-c2ccc(C(=O)NCC(C)C)cc2C(=O)O)c(C(=O)Nc2ccc(C(=N)N)cc2)c1. The molecule has 200 valence electrons. The van der Waals surface area contributed by atoms with Gasteiger partial charge in [0.15, 0.2) is 0 Å². The number of carbonyl (C=O) groups excluding carboxylic acids is 2. The van der Waals surface area contributed by atoms with Crippen LogP contribution in [0, 0.1) is 11.3 Å². The van der Waals surface area contributed by atoms with Crippen molar-refractivity contribution < 1.29 is 19.5 Å². The maximum Gasteiger partial charge on any atom is 0.336 e. The summed E-state index contributed by atoms with van der Waals surface area (Å²) in [6.45, 7) is 10.1. The predicted molar refractivity (Wildman–Crippen MR) is 155 cm³/mol. The Morgan fingerprint density at radius 3 is 2.15 bits per heavy atom. The fourth-order valence-corrected chi connectivity index (χ4v) is 3.75. The summed E-state index contributed by atoms with van der Waals surface area (Å²) in [5.74, 6) is -1.90. The zero-order valence-electron chi connectivity index (χ0n) is 22.2. The van der Waals surface area contributed by atoms with E-state index in [0.29, 0.717) is 28.9 Å². The van der Waals surface area contributed by atoms with Crippen molar-refractivity contribution >= 4 is 35.4 Å². The number of anilines is 1. The number of allylic oxidation sites excluding steroid dienone is 2. The van der Waals surface area contributed by atoms with Crippen LogP contribution in [0.3, 0.4) is 0 Å². The van der Waals surface area contributed by atoms with Crippen molar-refractivity contribution in [3.8, 4) is 11.1 Å². The molecule has 3 aromatic carbocycles. The number of carboxylic acids is 1. The van der Waals surface area contributed by atoms with Gasteiger partial charge in [0.2, 0.25) is 0 Å². The minimum Gasteiger partial charge on any atom is -0.478 e. The summed E-state index contributed by atoms with van der Waals surface area (Å²) in [7, 11) is 0. The molecule has 0 bridgehead atoms. The Hall–Kier alpha value is -4.98. The van der Waals surface area contributed by atoms with E-state index in [9.17, 15) is 19.5 Å². The molecular weight excluding hydrogens is 492 g/mol. The first kappa shape index (κ1) is 28.6. The zero-order valence-corrected chi connectivity index (χ0v) is 22.2. The summed E-state index contributed by atoms with van der Waals surface area (Å²) in [6, 6.07) is 16.1. The average molecular weight is 525 g/mol. The molecule has 0 saturated heterocycles. The number of rotatable bonds is 10. The number of amidine groups is 1. The van der Waals surface area contributed by atoms with Crippen LogP contribution in [0.25, 0.3) is 17.2 Å². The lowest BCUT2D eigenvalue weighted by molar-refractivity contribution is 0.0697. The van der Waals surface area contributed by atoms with E-state index in [1.807, 2.05) is 32.9 Å². The van der Waals surface area contributed by atoms with Crippen LogP contribution >= 0.6 is 0 Å². The molecule has 0 aromatic heterocycles. The molecule has 8 nitrogen and oxygen atoms in total. The minimum atomic E-state index is -1.22. The van der Waals surface area contributed by atoms with Crippen molar-refractivity contribution in [2.75, 3.05) is 11.9 Å². The highest BCUT2D eigenvalue weighted by Crippen LogP contribution is 2.30. The van der Waals surface area contributed by atoms with Gasteiger partial charge in [0.25, 0.3) is 11.8 Å². The third-order valence-corrected chi connectivity index (χ3v) is 5.78. The molecule has 0 saturated carbocycles. The van der Waals surface area contributed by atoms with Crippen molar-refractivity contribution in [3.63, 3.8) is 0 Å². The minimum absolute atomic E-state index is 0.0882. The third-order valence-electron chi connectivity index (χ3n) is 5.78. The topological polar surface area (TPSA) is 145 Å². The van der Waals surface area contributed by atoms with Gasteiger partial charge in [-0.3, -0.25) is 15.0 Å². The Bertz CT molecular complexity index is 1470. The Morgan fingerprint density at radius 1 is 0.949 bits per heavy atom. The average Bonchev–Trinajstić information content (AvgIpc) is 2.90. The maximum absolute atomic E-state index is 13.5. The largest absolute Gasteiger partial charge is 0.478 e. The van der Waals surface area contributed by atoms with Crippen molar-refractivity contribution in [1.82, 2.24) is 5.32 Å². The van der Waals surface area contributed by atoms with Gasteiger partial charge in [-0.25, -0.2) is 4.79 Å². The molecule has 0 spiro atoms. The number of benzene rings is 3. The van der Waals surface area contributed by atoms with E-state index in [4.69, 9.17) is 11.1 Å². The van der Waals surface area contributed by atoms with Crippen molar-refractivity contribution in [2.24, 2.45) is 11.7 Å². The highest BCUT2D eigenvalue weighted by molar-refractivity contribution is 6.11. The van der Waals surface area contributed by atoms with Crippen LogP contribution < -0.4 is 16.4 Å². The van der Waals surface area contributed by atoms with Gasteiger partial charge in [0.1, 0.15) is 5.84 Å². The van der Waals surface area contributed by atoms with E-state index in [1.54, 1.807) is 54.6 Å². The molecule has 3 rings (SSSR count). The maximum atomic E-state index is 13.5. The first-order valence-electron chi connectivity index (χ1n) is 12.4. The van der Waals surface area contributed by atoms with Crippen LogP contribution in [0.1, 0.15) is 63.0 Å². The fraction of sp³-hybridized carbons (Fsp3) is 0.161. The summed E-state index contributed by atoms with van der Waals surface area (Å²) >= 11 is 0. The number of carboxylic acid groups (broad SMARTS) is 1. The monoisotopic (exact) mass is 524 g/mol. The molecule has 0 unspecified atom stereocenters. The van der Waals surface area contributed by atoms with Crippen LogP contribution in [0.4, 0.5) is 5.69 Å². The van der Waals surface area contributed by atoms with E-state index in [2.05, 4.69) is 17.2 Å². The number of nitrogens with two attached hydrogens (primary N) is 1. The molecule has 0 aliphatic heterocycles. The normalized spacial score (nSPS) is 10.9. The van der Waals surface area contributed by atoms with Gasteiger partial charge in [-0.2, -0.15) is 0 Å². The smallest absolute Gasteiger partial charge is 0.336 e. The van der Waals surface area contributed by atoms with E-state index < -0.39 is 11.9 Å². The first-order chi connectivity index (χ1) is 18.5. The molecule has 0 aliphatic carbocycles. The third kappa shape index (κ3) is 7.52. The van der Waals surface area contributed by atoms with Crippen molar-refractivity contribution in [1.29, 1.82) is 5.41 Å². The van der Waals surface area contributed by atoms with Gasteiger partial charge in [0.05, 0.1) is 5.56 Å². The van der Waals surface area contributed by atoms with Gasteiger partial charge in [-0.15, -0.1) is 0 Å². The molecule has 0 aliphatic rings. The Morgan fingerprint density at radius 2 is 1.56 bits per heavy atom. The Balaban J connectivity index is 2.08. The number of carbonyl (C=O) groups is 3. The van der Waals surface area contributed by atoms with E-state index >= 15 is 0 Å². The molecule has 2 amide bonds. The van der Waals surface area contributed by atoms with Gasteiger partial charge in [-0.05, 0) is 72.0 Å². The van der Waals surface area contributed by atoms with Gasteiger partial charge >= 0.3 is 5.97 Å². The van der Waals surface area contributed by atoms with Crippen molar-refractivity contribution in [2.45, 2.75) is 20.8 Å². The standard InChI is InChI=1S/C31H32N4O4/c1-18(2)5-6-20-7-13-24(26(15-20)30(37)35-23-11-8-21(9-12-23)28(32)33)25-14-10-22(16-27(25)31(38)39)29(36)34-17-19(3)4/h5-16,19H,1,17H2,2-4H3,(H3,32,33)(H,34,36)(H,35,37)(H,38,39)/b6-5+. The first-order valence-corrected chi connectivity index (χ1v) is 12.4. The van der Waals surface area contributed by atoms with Crippen LogP contribution in [0.5, 0.6) is 0 Å². The number of nitrogens with one attached hydrogen (secondary N) is 3. The lowest BCUT2D eigenvalue weighted by Crippen LogP contribution is -2.27. The van der Waals surface area contributed by atoms with Crippen LogP contribution in [-0.4, -0.2) is 35.3 Å². The number of nitrogen functional groups attached to an aromatic ring is 1. The zero-order chi connectivity index (χ0) is 28.7. The molecule has 39 heavy (non-hydrogen) atoms. The lowest BCUT2D eigenvalue weighted by Gasteiger charge is -2.15. The fourth-order valence-electron chi connectivity index (χ4n) is 3.75. The molecule has 0 fully saturated rings. The van der Waals surface area contributed by atoms with E-state index in [1.165, 1.54) is 6.07 Å². The van der Waals surface area contributed by atoms with Crippen molar-refractivity contribution in [3.05, 3.63) is 107 Å². The molecular formula is C31H32N4O4. The molecule has 8 heteroatoms. The number of hydrogen-bond acceptors (Lipinski definition) is 4. The van der Waals surface area contributed by atoms with Gasteiger partial charge < -0.3 is 21.5 Å². The second kappa shape index (κ2) is 12.5. The summed E-state index contributed by atoms with van der Waals surface area (Å²) in [5.41, 5.74) is 9.12. The highest BCUT2D eigenvalue weighted by Gasteiger charge is 2.21. The lowest BCUT2D eigenvalue weighted by atomic mass is 9.92. The summed E-state index contributed by atoms with van der Waals surface area (Å²) in [5, 5.41) is 23.2. The van der Waals surface area contributed by atoms with Crippen LogP contribution in [0.15, 0.2) is 78.9 Å². The van der Waals surface area contributed by atoms with E-state index in [-0.39, 0.29) is 34.4 Å². The number of amides is 2. The Kier molecular flexibility index (Phi) is 9.17. The second-order valence-electron chi connectivity index (χ2n) is 9.60. The molecule has 6 N–H and O–H groups in total. The summed E-state index contributed by atoms with van der Waals surface area (Å²) < 4.78 is 0. The highest BCUT2D eigenvalue weighted by atomic mass is 16.4. The molecule has 0 radical (unpaired) electrons.